The fraction of sp³-hybridized carbons (Fsp3) is 0.0625. The number of nitrogens with zero attached hydrogens (tertiary/aromatic N) is 1. The summed E-state index contributed by atoms with van der Waals surface area (Å²) in [7, 11) is 0. The molecular formula is C32H23NO2. The van der Waals surface area contributed by atoms with Gasteiger partial charge in [0, 0.05) is 28.8 Å². The Balaban J connectivity index is 1.73. The van der Waals surface area contributed by atoms with Crippen LogP contribution in [0.15, 0.2) is 115 Å². The number of hydrogen-bond donors (Lipinski definition) is 0. The lowest BCUT2D eigenvalue weighted by atomic mass is 9.89. The summed E-state index contributed by atoms with van der Waals surface area (Å²) in [5.41, 5.74) is 7.01. The lowest BCUT2D eigenvalue weighted by Crippen LogP contribution is -2.17. The molecule has 1 aliphatic heterocycles. The molecule has 1 aliphatic rings. The SMILES string of the molecule is O=C(c1ccccc1)c1c(-c2ccccc2)c(C(=O)c2ccccc2)n2c1-c1ccccc1CC2. The van der Waals surface area contributed by atoms with Gasteiger partial charge in [0.1, 0.15) is 0 Å². The van der Waals surface area contributed by atoms with Gasteiger partial charge in [0.2, 0.25) is 5.78 Å². The fourth-order valence-electron chi connectivity index (χ4n) is 5.13. The molecule has 0 amide bonds. The van der Waals surface area contributed by atoms with Crippen molar-refractivity contribution in [2.75, 3.05) is 0 Å². The Kier molecular flexibility index (Phi) is 5.23. The number of ketones is 2. The second-order valence-corrected chi connectivity index (χ2v) is 8.76. The van der Waals surface area contributed by atoms with Crippen LogP contribution in [0.25, 0.3) is 22.4 Å². The van der Waals surface area contributed by atoms with Gasteiger partial charge >= 0.3 is 0 Å². The summed E-state index contributed by atoms with van der Waals surface area (Å²) in [4.78, 5) is 28.2. The third-order valence-electron chi connectivity index (χ3n) is 6.72. The lowest BCUT2D eigenvalue weighted by molar-refractivity contribution is 0.102. The van der Waals surface area contributed by atoms with Crippen LogP contribution in [0.5, 0.6) is 0 Å². The minimum atomic E-state index is -0.0722. The van der Waals surface area contributed by atoms with E-state index in [1.165, 1.54) is 5.56 Å². The molecule has 2 heterocycles. The Morgan fingerprint density at radius 3 is 1.80 bits per heavy atom. The first-order chi connectivity index (χ1) is 17.2. The minimum absolute atomic E-state index is 0.0720. The zero-order valence-corrected chi connectivity index (χ0v) is 19.1. The predicted octanol–water partition coefficient (Wildman–Crippen LogP) is 6.84. The first-order valence-corrected chi connectivity index (χ1v) is 11.8. The summed E-state index contributed by atoms with van der Waals surface area (Å²) in [6.45, 7) is 0.641. The summed E-state index contributed by atoms with van der Waals surface area (Å²) in [6, 6.07) is 36.7. The van der Waals surface area contributed by atoms with Crippen molar-refractivity contribution in [1.82, 2.24) is 4.57 Å². The minimum Gasteiger partial charge on any atom is -0.336 e. The van der Waals surface area contributed by atoms with Crippen LogP contribution < -0.4 is 0 Å². The molecule has 4 aromatic carbocycles. The molecule has 0 radical (unpaired) electrons. The van der Waals surface area contributed by atoms with E-state index in [1.807, 2.05) is 103 Å². The highest BCUT2D eigenvalue weighted by Crippen LogP contribution is 2.43. The van der Waals surface area contributed by atoms with Crippen molar-refractivity contribution in [2.45, 2.75) is 13.0 Å². The van der Waals surface area contributed by atoms with Crippen molar-refractivity contribution in [3.8, 4) is 22.4 Å². The molecule has 0 atom stereocenters. The number of aryl methyl sites for hydroxylation is 1. The third-order valence-corrected chi connectivity index (χ3v) is 6.72. The van der Waals surface area contributed by atoms with Gasteiger partial charge in [0.25, 0.3) is 0 Å². The quantitative estimate of drug-likeness (QED) is 0.273. The maximum atomic E-state index is 14.2. The van der Waals surface area contributed by atoms with Crippen LogP contribution in [0.2, 0.25) is 0 Å². The molecule has 3 heteroatoms. The van der Waals surface area contributed by atoms with Gasteiger partial charge in [-0.2, -0.15) is 0 Å². The molecule has 1 aromatic heterocycles. The highest BCUT2D eigenvalue weighted by atomic mass is 16.1. The van der Waals surface area contributed by atoms with Crippen molar-refractivity contribution in [1.29, 1.82) is 0 Å². The van der Waals surface area contributed by atoms with E-state index < -0.39 is 0 Å². The molecule has 6 rings (SSSR count). The summed E-state index contributed by atoms with van der Waals surface area (Å²) >= 11 is 0. The van der Waals surface area contributed by atoms with E-state index in [9.17, 15) is 9.59 Å². The largest absolute Gasteiger partial charge is 0.336 e. The maximum Gasteiger partial charge on any atom is 0.210 e. The Morgan fingerprint density at radius 2 is 1.14 bits per heavy atom. The van der Waals surface area contributed by atoms with Crippen LogP contribution in [0.3, 0.4) is 0 Å². The van der Waals surface area contributed by atoms with Gasteiger partial charge in [-0.15, -0.1) is 0 Å². The topological polar surface area (TPSA) is 39.1 Å². The Bertz CT molecular complexity index is 1550. The highest BCUT2D eigenvalue weighted by molar-refractivity contribution is 6.22. The summed E-state index contributed by atoms with van der Waals surface area (Å²) in [5, 5.41) is 0. The Hall–Kier alpha value is -4.50. The number of rotatable bonds is 5. The number of hydrogen-bond acceptors (Lipinski definition) is 2. The van der Waals surface area contributed by atoms with Gasteiger partial charge in [-0.3, -0.25) is 9.59 Å². The van der Waals surface area contributed by atoms with Crippen molar-refractivity contribution in [3.63, 3.8) is 0 Å². The van der Waals surface area contributed by atoms with E-state index in [-0.39, 0.29) is 11.6 Å². The first kappa shape index (κ1) is 21.1. The Labute approximate surface area is 204 Å². The van der Waals surface area contributed by atoms with Gasteiger partial charge in [-0.05, 0) is 17.5 Å². The zero-order valence-electron chi connectivity index (χ0n) is 19.1. The first-order valence-electron chi connectivity index (χ1n) is 11.8. The van der Waals surface area contributed by atoms with E-state index in [0.29, 0.717) is 34.5 Å². The maximum absolute atomic E-state index is 14.2. The fourth-order valence-corrected chi connectivity index (χ4v) is 5.13. The number of fused-ring (bicyclic) bond motifs is 3. The van der Waals surface area contributed by atoms with E-state index in [0.717, 1.165) is 23.2 Å². The lowest BCUT2D eigenvalue weighted by Gasteiger charge is -2.22. The van der Waals surface area contributed by atoms with Crippen molar-refractivity contribution in [3.05, 3.63) is 143 Å². The monoisotopic (exact) mass is 453 g/mol. The van der Waals surface area contributed by atoms with E-state index in [2.05, 4.69) is 16.7 Å². The smallest absolute Gasteiger partial charge is 0.210 e. The molecule has 0 saturated heterocycles. The molecule has 0 saturated carbocycles. The molecular weight excluding hydrogens is 430 g/mol. The van der Waals surface area contributed by atoms with Crippen LogP contribution in [-0.4, -0.2) is 16.1 Å². The number of benzene rings is 4. The van der Waals surface area contributed by atoms with Crippen molar-refractivity contribution < 1.29 is 9.59 Å². The molecule has 0 unspecified atom stereocenters. The van der Waals surface area contributed by atoms with E-state index >= 15 is 0 Å². The van der Waals surface area contributed by atoms with Gasteiger partial charge < -0.3 is 4.57 Å². The van der Waals surface area contributed by atoms with Crippen LogP contribution in [0, 0.1) is 0 Å². The molecule has 0 spiro atoms. The molecule has 0 bridgehead atoms. The van der Waals surface area contributed by atoms with Gasteiger partial charge in [0.05, 0.1) is 17.0 Å². The molecule has 168 valence electrons. The number of carbonyl (C=O) groups excluding carboxylic acids is 2. The standard InChI is InChI=1S/C32H23NO2/c34-31(24-15-6-2-7-16-24)28-27(23-13-4-1-5-14-23)30(32(35)25-17-8-3-9-18-25)33-21-20-22-12-10-11-19-26(22)29(28)33/h1-19H,20-21H2. The molecule has 35 heavy (non-hydrogen) atoms. The average Bonchev–Trinajstić information content (AvgIpc) is 3.29. The van der Waals surface area contributed by atoms with Crippen molar-refractivity contribution >= 4 is 11.6 Å². The van der Waals surface area contributed by atoms with Gasteiger partial charge in [0.15, 0.2) is 5.78 Å². The van der Waals surface area contributed by atoms with Gasteiger partial charge in [-0.25, -0.2) is 0 Å². The van der Waals surface area contributed by atoms with Crippen LogP contribution in [-0.2, 0) is 13.0 Å². The second-order valence-electron chi connectivity index (χ2n) is 8.76. The average molecular weight is 454 g/mol. The highest BCUT2D eigenvalue weighted by Gasteiger charge is 2.34. The van der Waals surface area contributed by atoms with Crippen LogP contribution >= 0.6 is 0 Å². The van der Waals surface area contributed by atoms with Gasteiger partial charge in [-0.1, -0.05) is 115 Å². The second kappa shape index (κ2) is 8.69. The summed E-state index contributed by atoms with van der Waals surface area (Å²) in [5.74, 6) is -0.144. The summed E-state index contributed by atoms with van der Waals surface area (Å²) < 4.78 is 2.08. The Morgan fingerprint density at radius 1 is 0.600 bits per heavy atom. The van der Waals surface area contributed by atoms with E-state index in [4.69, 9.17) is 0 Å². The number of aromatic nitrogens is 1. The number of carbonyl (C=O) groups is 2. The molecule has 0 fully saturated rings. The zero-order chi connectivity index (χ0) is 23.8. The molecule has 0 aliphatic carbocycles. The van der Waals surface area contributed by atoms with Crippen LogP contribution in [0.4, 0.5) is 0 Å². The predicted molar refractivity (Wildman–Crippen MR) is 139 cm³/mol. The van der Waals surface area contributed by atoms with E-state index in [1.54, 1.807) is 0 Å². The normalized spacial score (nSPS) is 12.0. The molecule has 5 aromatic rings. The van der Waals surface area contributed by atoms with Crippen LogP contribution in [0.1, 0.15) is 37.5 Å². The summed E-state index contributed by atoms with van der Waals surface area (Å²) in [6.07, 6.45) is 0.806. The molecule has 3 nitrogen and oxygen atoms in total. The third kappa shape index (κ3) is 3.53. The van der Waals surface area contributed by atoms with Crippen molar-refractivity contribution in [2.24, 2.45) is 0 Å². The molecule has 0 N–H and O–H groups in total.